The van der Waals surface area contributed by atoms with Crippen molar-refractivity contribution in [3.8, 4) is 56.2 Å². The summed E-state index contributed by atoms with van der Waals surface area (Å²) in [6.07, 6.45) is 2.09. The highest BCUT2D eigenvalue weighted by atomic mass is 15.2. The molecule has 0 aliphatic heterocycles. The number of benzene rings is 5. The molecule has 0 fully saturated rings. The predicted octanol–water partition coefficient (Wildman–Crippen LogP) is 10.5. The minimum Gasteiger partial charge on any atom is -0.299 e. The van der Waals surface area contributed by atoms with Crippen LogP contribution in [0.15, 0.2) is 170 Å². The largest absolute Gasteiger partial charge is 0.299 e. The molecule has 0 radical (unpaired) electrons. The Morgan fingerprint density at radius 2 is 1.04 bits per heavy atom. The van der Waals surface area contributed by atoms with Crippen molar-refractivity contribution < 1.29 is 0 Å². The molecule has 0 bridgehead atoms. The van der Waals surface area contributed by atoms with Crippen LogP contribution in [0, 0.1) is 0 Å². The van der Waals surface area contributed by atoms with Crippen molar-refractivity contribution in [3.05, 3.63) is 170 Å². The summed E-state index contributed by atoms with van der Waals surface area (Å²) in [5, 5.41) is 7.76. The fourth-order valence-electron chi connectivity index (χ4n) is 6.64. The predicted molar refractivity (Wildman–Crippen MR) is 189 cm³/mol. The molecule has 0 atom stereocenters. The highest BCUT2D eigenvalue weighted by Crippen LogP contribution is 2.41. The van der Waals surface area contributed by atoms with E-state index in [2.05, 4.69) is 167 Å². The van der Waals surface area contributed by atoms with Crippen LogP contribution in [0.2, 0.25) is 0 Å². The lowest BCUT2D eigenvalue weighted by atomic mass is 9.96. The van der Waals surface area contributed by atoms with Gasteiger partial charge in [-0.1, -0.05) is 146 Å². The summed E-state index contributed by atoms with van der Waals surface area (Å²) in [5.74, 6) is 0. The maximum atomic E-state index is 5.39. The van der Waals surface area contributed by atoms with Gasteiger partial charge in [0.15, 0.2) is 0 Å². The highest BCUT2D eigenvalue weighted by molar-refractivity contribution is 6.08. The van der Waals surface area contributed by atoms with Crippen LogP contribution in [0.1, 0.15) is 0 Å². The molecule has 9 aromatic rings. The quantitative estimate of drug-likeness (QED) is 0.200. The Hall–Kier alpha value is -6.26. The summed E-state index contributed by atoms with van der Waals surface area (Å²) in [5.41, 5.74) is 12.7. The average Bonchev–Trinajstić information content (AvgIpc) is 3.73. The van der Waals surface area contributed by atoms with Gasteiger partial charge in [0, 0.05) is 39.4 Å². The summed E-state index contributed by atoms with van der Waals surface area (Å²) in [4.78, 5) is 5.04. The van der Waals surface area contributed by atoms with E-state index in [4.69, 9.17) is 10.1 Å². The molecule has 4 nitrogen and oxygen atoms in total. The number of nitrogens with zero attached hydrogens (tertiary/aromatic N) is 4. The third-order valence-electron chi connectivity index (χ3n) is 8.76. The number of hydrogen-bond acceptors (Lipinski definition) is 2. The van der Waals surface area contributed by atoms with Crippen molar-refractivity contribution in [2.75, 3.05) is 0 Å². The lowest BCUT2D eigenvalue weighted by Crippen LogP contribution is -1.95. The second kappa shape index (κ2) is 10.7. The van der Waals surface area contributed by atoms with E-state index in [9.17, 15) is 0 Å². The Bertz CT molecular complexity index is 2490. The normalized spacial score (nSPS) is 11.5. The molecule has 0 unspecified atom stereocenters. The fraction of sp³-hybridized carbons (Fsp3) is 0. The summed E-state index contributed by atoms with van der Waals surface area (Å²) >= 11 is 0. The monoisotopic (exact) mass is 588 g/mol. The van der Waals surface area contributed by atoms with E-state index in [-0.39, 0.29) is 0 Å². The van der Waals surface area contributed by atoms with E-state index >= 15 is 0 Å². The summed E-state index contributed by atoms with van der Waals surface area (Å²) in [6.45, 7) is 0. The highest BCUT2D eigenvalue weighted by Gasteiger charge is 2.22. The van der Waals surface area contributed by atoms with Crippen LogP contribution < -0.4 is 0 Å². The van der Waals surface area contributed by atoms with Gasteiger partial charge in [0.25, 0.3) is 0 Å². The van der Waals surface area contributed by atoms with Crippen molar-refractivity contribution in [2.24, 2.45) is 0 Å². The number of rotatable bonds is 5. The average molecular weight is 589 g/mol. The van der Waals surface area contributed by atoms with Crippen molar-refractivity contribution in [2.45, 2.75) is 0 Å². The second-order valence-electron chi connectivity index (χ2n) is 11.5. The van der Waals surface area contributed by atoms with Gasteiger partial charge < -0.3 is 0 Å². The van der Waals surface area contributed by atoms with Crippen molar-refractivity contribution in [1.82, 2.24) is 19.0 Å². The zero-order chi connectivity index (χ0) is 30.5. The molecular weight excluding hydrogens is 560 g/mol. The lowest BCUT2D eigenvalue weighted by molar-refractivity contribution is 0.979. The van der Waals surface area contributed by atoms with E-state index in [1.807, 2.05) is 12.1 Å². The molecule has 4 heteroatoms. The van der Waals surface area contributed by atoms with Crippen LogP contribution >= 0.6 is 0 Å². The van der Waals surface area contributed by atoms with Crippen LogP contribution in [0.4, 0.5) is 0 Å². The van der Waals surface area contributed by atoms with Crippen LogP contribution in [0.25, 0.3) is 78.1 Å². The standard InChI is InChI=1S/C42H28N4/c1-4-14-29(15-5-1)36-28-34-20-10-11-21-35(34)42-38(30-16-6-2-7-17-30)39(44-46(36)42)32-23-25-33(26-24-32)41-40(31-18-8-3-9-19-31)43-37-22-12-13-27-45(37)41/h1-28H. The molecule has 0 saturated carbocycles. The Morgan fingerprint density at radius 3 is 1.78 bits per heavy atom. The van der Waals surface area contributed by atoms with Gasteiger partial charge in [-0.25, -0.2) is 9.50 Å². The third-order valence-corrected chi connectivity index (χ3v) is 8.76. The Balaban J connectivity index is 1.29. The molecule has 0 amide bonds. The molecule has 4 aromatic heterocycles. The lowest BCUT2D eigenvalue weighted by Gasteiger charge is -2.10. The van der Waals surface area contributed by atoms with Gasteiger partial charge in [-0.2, -0.15) is 5.10 Å². The van der Waals surface area contributed by atoms with E-state index in [1.165, 1.54) is 10.8 Å². The Morgan fingerprint density at radius 1 is 0.457 bits per heavy atom. The summed E-state index contributed by atoms with van der Waals surface area (Å²) in [7, 11) is 0. The van der Waals surface area contributed by atoms with Crippen LogP contribution in [-0.4, -0.2) is 19.0 Å². The third kappa shape index (κ3) is 4.23. The molecule has 0 spiro atoms. The van der Waals surface area contributed by atoms with Gasteiger partial charge in [0.2, 0.25) is 0 Å². The first kappa shape index (κ1) is 26.2. The zero-order valence-corrected chi connectivity index (χ0v) is 25.0. The minimum atomic E-state index is 0.924. The van der Waals surface area contributed by atoms with Gasteiger partial charge in [-0.3, -0.25) is 4.40 Å². The summed E-state index contributed by atoms with van der Waals surface area (Å²) < 4.78 is 4.32. The number of fused-ring (bicyclic) bond motifs is 4. The molecule has 4 heterocycles. The van der Waals surface area contributed by atoms with Gasteiger partial charge in [-0.15, -0.1) is 0 Å². The Labute approximate surface area is 266 Å². The van der Waals surface area contributed by atoms with Crippen LogP contribution in [0.5, 0.6) is 0 Å². The van der Waals surface area contributed by atoms with Crippen molar-refractivity contribution >= 4 is 21.9 Å². The molecular formula is C42H28N4. The molecule has 216 valence electrons. The van der Waals surface area contributed by atoms with E-state index in [0.717, 1.165) is 67.3 Å². The first-order chi connectivity index (χ1) is 22.8. The van der Waals surface area contributed by atoms with Crippen molar-refractivity contribution in [3.63, 3.8) is 0 Å². The molecule has 0 aliphatic carbocycles. The number of hydrogen-bond donors (Lipinski definition) is 0. The maximum Gasteiger partial charge on any atom is 0.137 e. The number of pyridine rings is 2. The first-order valence-corrected chi connectivity index (χ1v) is 15.5. The second-order valence-corrected chi connectivity index (χ2v) is 11.5. The van der Waals surface area contributed by atoms with Gasteiger partial charge >= 0.3 is 0 Å². The van der Waals surface area contributed by atoms with E-state index < -0.39 is 0 Å². The molecule has 0 saturated heterocycles. The molecule has 0 aliphatic rings. The molecule has 9 rings (SSSR count). The van der Waals surface area contributed by atoms with E-state index in [1.54, 1.807) is 0 Å². The van der Waals surface area contributed by atoms with Gasteiger partial charge in [0.1, 0.15) is 11.3 Å². The zero-order valence-electron chi connectivity index (χ0n) is 25.0. The van der Waals surface area contributed by atoms with Crippen LogP contribution in [-0.2, 0) is 0 Å². The smallest absolute Gasteiger partial charge is 0.137 e. The topological polar surface area (TPSA) is 34.6 Å². The SMILES string of the molecule is c1ccc(-c2nc3ccccn3c2-c2ccc(-c3nn4c(-c5ccccc5)cc5ccccc5c4c3-c3ccccc3)cc2)cc1. The molecule has 0 N–H and O–H groups in total. The number of imidazole rings is 1. The van der Waals surface area contributed by atoms with Crippen LogP contribution in [0.3, 0.4) is 0 Å². The first-order valence-electron chi connectivity index (χ1n) is 15.5. The number of aromatic nitrogens is 4. The fourth-order valence-corrected chi connectivity index (χ4v) is 6.64. The molecule has 5 aromatic carbocycles. The van der Waals surface area contributed by atoms with E-state index in [0.29, 0.717) is 0 Å². The van der Waals surface area contributed by atoms with Crippen molar-refractivity contribution in [1.29, 1.82) is 0 Å². The molecule has 46 heavy (non-hydrogen) atoms. The summed E-state index contributed by atoms with van der Waals surface area (Å²) in [6, 6.07) is 57.4. The maximum absolute atomic E-state index is 5.39. The van der Waals surface area contributed by atoms with Gasteiger partial charge in [0.05, 0.1) is 22.6 Å². The minimum absolute atomic E-state index is 0.924. The Kier molecular flexibility index (Phi) is 6.10. The van der Waals surface area contributed by atoms with Gasteiger partial charge in [-0.05, 0) is 29.1 Å².